The molecule has 12 heteroatoms. The van der Waals surface area contributed by atoms with Gasteiger partial charge in [0, 0.05) is 15.7 Å². The molecule has 32 heavy (non-hydrogen) atoms. The number of rotatable bonds is 5. The minimum Gasteiger partial charge on any atom is -0.495 e. The van der Waals surface area contributed by atoms with Gasteiger partial charge in [-0.1, -0.05) is 22.0 Å². The normalized spacial score (nSPS) is 15.4. The van der Waals surface area contributed by atoms with Crippen LogP contribution in [0, 0.1) is 0 Å². The van der Waals surface area contributed by atoms with E-state index in [2.05, 4.69) is 37.2 Å². The Kier molecular flexibility index (Phi) is 7.36. The van der Waals surface area contributed by atoms with Crippen LogP contribution in [0.3, 0.4) is 0 Å². The molecule has 1 aliphatic heterocycles. The predicted molar refractivity (Wildman–Crippen MR) is 121 cm³/mol. The third kappa shape index (κ3) is 5.54. The fraction of sp³-hybridized carbons (Fsp3) is 0.150. The van der Waals surface area contributed by atoms with E-state index in [4.69, 9.17) is 4.74 Å². The van der Waals surface area contributed by atoms with Gasteiger partial charge in [-0.3, -0.25) is 19.3 Å². The molecule has 1 aliphatic rings. The molecule has 168 valence electrons. The number of thioether (sulfide) groups is 1. The third-order valence-corrected chi connectivity index (χ3v) is 6.13. The number of amides is 3. The van der Waals surface area contributed by atoms with Crippen LogP contribution in [-0.2, 0) is 15.8 Å². The molecular weight excluding hydrogens is 581 g/mol. The van der Waals surface area contributed by atoms with Crippen molar-refractivity contribution in [1.29, 1.82) is 0 Å². The van der Waals surface area contributed by atoms with Crippen LogP contribution in [0.5, 0.6) is 5.75 Å². The summed E-state index contributed by atoms with van der Waals surface area (Å²) in [5.74, 6) is -1.06. The number of carbonyl (C=O) groups is 3. The van der Waals surface area contributed by atoms with E-state index >= 15 is 0 Å². The Balaban J connectivity index is 1.76. The number of ether oxygens (including phenoxy) is 1. The molecule has 0 radical (unpaired) electrons. The van der Waals surface area contributed by atoms with Crippen LogP contribution < -0.4 is 10.1 Å². The number of methoxy groups -OCH3 is 1. The molecule has 0 saturated carbocycles. The van der Waals surface area contributed by atoms with Crippen molar-refractivity contribution in [2.24, 2.45) is 0 Å². The molecule has 0 unspecified atom stereocenters. The highest BCUT2D eigenvalue weighted by Crippen LogP contribution is 2.38. The number of benzene rings is 2. The molecule has 2 aromatic rings. The van der Waals surface area contributed by atoms with Gasteiger partial charge in [-0.05, 0) is 64.1 Å². The molecule has 0 aliphatic carbocycles. The number of anilines is 1. The van der Waals surface area contributed by atoms with Crippen molar-refractivity contribution in [2.75, 3.05) is 19.0 Å². The zero-order chi connectivity index (χ0) is 23.6. The second-order valence-electron chi connectivity index (χ2n) is 6.40. The van der Waals surface area contributed by atoms with Gasteiger partial charge in [0.15, 0.2) is 0 Å². The number of hydrogen-bond acceptors (Lipinski definition) is 5. The SMILES string of the molecule is COc1c(Br)cc(Br)cc1/C=C1\SC(=O)N(CC(=O)Nc2cccc(C(F)(F)F)c2)C1=O. The van der Waals surface area contributed by atoms with Crippen molar-refractivity contribution >= 4 is 72.4 Å². The van der Waals surface area contributed by atoms with Gasteiger partial charge in [0.25, 0.3) is 11.1 Å². The number of hydrogen-bond donors (Lipinski definition) is 1. The maximum absolute atomic E-state index is 12.8. The van der Waals surface area contributed by atoms with E-state index in [9.17, 15) is 27.6 Å². The predicted octanol–water partition coefficient (Wildman–Crippen LogP) is 5.91. The van der Waals surface area contributed by atoms with Crippen LogP contribution in [-0.4, -0.2) is 35.6 Å². The number of halogens is 5. The average molecular weight is 594 g/mol. The third-order valence-electron chi connectivity index (χ3n) is 4.18. The smallest absolute Gasteiger partial charge is 0.416 e. The summed E-state index contributed by atoms with van der Waals surface area (Å²) in [5.41, 5.74) is -0.512. The van der Waals surface area contributed by atoms with E-state index < -0.39 is 35.3 Å². The second-order valence-corrected chi connectivity index (χ2v) is 9.17. The molecule has 1 saturated heterocycles. The van der Waals surface area contributed by atoms with Crippen molar-refractivity contribution in [3.8, 4) is 5.75 Å². The molecule has 2 aromatic carbocycles. The van der Waals surface area contributed by atoms with Gasteiger partial charge in [-0.25, -0.2) is 0 Å². The number of carbonyl (C=O) groups excluding carboxylic acids is 3. The van der Waals surface area contributed by atoms with E-state index in [0.717, 1.165) is 23.1 Å². The lowest BCUT2D eigenvalue weighted by molar-refractivity contribution is -0.137. The molecular formula is C20H13Br2F3N2O4S. The molecule has 0 aromatic heterocycles. The van der Waals surface area contributed by atoms with E-state index in [-0.39, 0.29) is 10.6 Å². The maximum atomic E-state index is 12.8. The van der Waals surface area contributed by atoms with Gasteiger partial charge in [-0.2, -0.15) is 13.2 Å². The Hall–Kier alpha value is -2.31. The molecule has 0 atom stereocenters. The number of nitrogens with one attached hydrogen (secondary N) is 1. The first kappa shape index (κ1) is 24.3. The van der Waals surface area contributed by atoms with Crippen LogP contribution in [0.2, 0.25) is 0 Å². The lowest BCUT2D eigenvalue weighted by Gasteiger charge is -2.13. The van der Waals surface area contributed by atoms with Crippen LogP contribution >= 0.6 is 43.6 Å². The van der Waals surface area contributed by atoms with E-state index in [1.807, 2.05) is 0 Å². The fourth-order valence-electron chi connectivity index (χ4n) is 2.80. The first-order valence-corrected chi connectivity index (χ1v) is 11.2. The summed E-state index contributed by atoms with van der Waals surface area (Å²) in [6.45, 7) is -0.641. The zero-order valence-corrected chi connectivity index (χ0v) is 20.1. The van der Waals surface area contributed by atoms with Gasteiger partial charge in [-0.15, -0.1) is 0 Å². The van der Waals surface area contributed by atoms with Gasteiger partial charge >= 0.3 is 6.18 Å². The zero-order valence-electron chi connectivity index (χ0n) is 16.1. The molecule has 6 nitrogen and oxygen atoms in total. The summed E-state index contributed by atoms with van der Waals surface area (Å²) in [6.07, 6.45) is -3.11. The Morgan fingerprint density at radius 3 is 2.59 bits per heavy atom. The molecule has 3 rings (SSSR count). The van der Waals surface area contributed by atoms with Crippen LogP contribution in [0.25, 0.3) is 6.08 Å². The Bertz CT molecular complexity index is 1140. The largest absolute Gasteiger partial charge is 0.495 e. The van der Waals surface area contributed by atoms with Gasteiger partial charge < -0.3 is 10.1 Å². The lowest BCUT2D eigenvalue weighted by atomic mass is 10.2. The Morgan fingerprint density at radius 2 is 1.94 bits per heavy atom. The van der Waals surface area contributed by atoms with Crippen molar-refractivity contribution in [2.45, 2.75) is 6.18 Å². The number of nitrogens with zero attached hydrogens (tertiary/aromatic N) is 1. The Labute approximate surface area is 201 Å². The number of alkyl halides is 3. The summed E-state index contributed by atoms with van der Waals surface area (Å²) in [7, 11) is 1.45. The summed E-state index contributed by atoms with van der Waals surface area (Å²) in [6, 6.07) is 7.50. The standard InChI is InChI=1S/C20H13Br2F3N2O4S/c1-31-17-10(5-12(21)8-14(17)22)6-15-18(29)27(19(30)32-15)9-16(28)26-13-4-2-3-11(7-13)20(23,24)25/h2-8H,9H2,1H3,(H,26,28)/b15-6-. The molecule has 1 heterocycles. The summed E-state index contributed by atoms with van der Waals surface area (Å²) < 4.78 is 45.1. The highest BCUT2D eigenvalue weighted by molar-refractivity contribution is 9.11. The van der Waals surface area contributed by atoms with E-state index in [0.29, 0.717) is 32.0 Å². The van der Waals surface area contributed by atoms with Gasteiger partial charge in [0.05, 0.1) is 22.1 Å². The monoisotopic (exact) mass is 592 g/mol. The maximum Gasteiger partial charge on any atom is 0.416 e. The van der Waals surface area contributed by atoms with Crippen molar-refractivity contribution in [3.63, 3.8) is 0 Å². The van der Waals surface area contributed by atoms with E-state index in [1.54, 1.807) is 12.1 Å². The first-order valence-electron chi connectivity index (χ1n) is 8.75. The van der Waals surface area contributed by atoms with Crippen molar-refractivity contribution < 1.29 is 32.3 Å². The highest BCUT2D eigenvalue weighted by atomic mass is 79.9. The van der Waals surface area contributed by atoms with E-state index in [1.165, 1.54) is 19.3 Å². The average Bonchev–Trinajstić information content (AvgIpc) is 2.94. The summed E-state index contributed by atoms with van der Waals surface area (Å²) in [4.78, 5) is 38.1. The minimum absolute atomic E-state index is 0.0742. The summed E-state index contributed by atoms with van der Waals surface area (Å²) >= 11 is 7.34. The fourth-order valence-corrected chi connectivity index (χ4v) is 5.05. The van der Waals surface area contributed by atoms with Crippen LogP contribution in [0.1, 0.15) is 11.1 Å². The molecule has 1 fully saturated rings. The second kappa shape index (κ2) is 9.67. The van der Waals surface area contributed by atoms with Gasteiger partial charge in [0.1, 0.15) is 12.3 Å². The highest BCUT2D eigenvalue weighted by Gasteiger charge is 2.37. The lowest BCUT2D eigenvalue weighted by Crippen LogP contribution is -2.36. The Morgan fingerprint density at radius 1 is 1.22 bits per heavy atom. The quantitative estimate of drug-likeness (QED) is 0.436. The van der Waals surface area contributed by atoms with Crippen LogP contribution in [0.4, 0.5) is 23.7 Å². The van der Waals surface area contributed by atoms with Gasteiger partial charge in [0.2, 0.25) is 5.91 Å². The molecule has 3 amide bonds. The van der Waals surface area contributed by atoms with Crippen molar-refractivity contribution in [3.05, 3.63) is 61.4 Å². The topological polar surface area (TPSA) is 75.7 Å². The summed E-state index contributed by atoms with van der Waals surface area (Å²) in [5, 5.41) is 1.60. The molecule has 0 spiro atoms. The molecule has 0 bridgehead atoms. The first-order chi connectivity index (χ1) is 15.0. The minimum atomic E-state index is -4.57. The number of imide groups is 1. The van der Waals surface area contributed by atoms with Crippen molar-refractivity contribution in [1.82, 2.24) is 4.90 Å². The molecule has 1 N–H and O–H groups in total. The van der Waals surface area contributed by atoms with Crippen LogP contribution in [0.15, 0.2) is 50.2 Å².